The number of fused-ring (bicyclic) bond motifs is 7. The fourth-order valence-corrected chi connectivity index (χ4v) is 8.50. The van der Waals surface area contributed by atoms with Gasteiger partial charge in [-0.3, -0.25) is 0 Å². The minimum Gasteiger partial charge on any atom is -0.347 e. The van der Waals surface area contributed by atoms with Crippen LogP contribution in [0.2, 0.25) is 0 Å². The standard InChI is InChI=1S/C27H23ClO/c28-27-23-17-9-10-18-24(23,27)25(19-11-3-1-4-12-19)21-15-7-8-16-22(21)26(27,29-25)20-13-5-2-6-14-20/h1-8,11-16,23H,9-10,17-18H2/t23-,24+,25+,26-,27-/m1/s1. The molecule has 3 aromatic rings. The van der Waals surface area contributed by atoms with E-state index >= 15 is 0 Å². The van der Waals surface area contributed by atoms with Gasteiger partial charge in [0.05, 0.1) is 4.87 Å². The van der Waals surface area contributed by atoms with Gasteiger partial charge < -0.3 is 4.74 Å². The number of hydrogen-bond donors (Lipinski definition) is 0. The van der Waals surface area contributed by atoms with Crippen LogP contribution in [0.5, 0.6) is 0 Å². The Morgan fingerprint density at radius 2 is 1.24 bits per heavy atom. The Morgan fingerprint density at radius 1 is 0.690 bits per heavy atom. The number of hydrogen-bond acceptors (Lipinski definition) is 1. The molecule has 29 heavy (non-hydrogen) atoms. The predicted molar refractivity (Wildman–Crippen MR) is 115 cm³/mol. The van der Waals surface area contributed by atoms with Gasteiger partial charge in [-0.1, -0.05) is 97.8 Å². The van der Waals surface area contributed by atoms with Crippen molar-refractivity contribution >= 4 is 11.6 Å². The van der Waals surface area contributed by atoms with Crippen molar-refractivity contribution < 1.29 is 4.74 Å². The van der Waals surface area contributed by atoms with E-state index in [0.717, 1.165) is 6.42 Å². The molecule has 144 valence electrons. The van der Waals surface area contributed by atoms with Gasteiger partial charge in [-0.25, -0.2) is 0 Å². The SMILES string of the molecule is Cl[C@]12[C@@H]3CCCC[C@@]31[C@@]1(c3ccccc3)O[C@]2(c2ccccc2)c2ccccc21. The van der Waals surface area contributed by atoms with Gasteiger partial charge in [0.15, 0.2) is 0 Å². The van der Waals surface area contributed by atoms with Gasteiger partial charge in [-0.2, -0.15) is 0 Å². The smallest absolute Gasteiger partial charge is 0.140 e. The van der Waals surface area contributed by atoms with Gasteiger partial charge in [-0.15, -0.1) is 11.6 Å². The molecule has 0 radical (unpaired) electrons. The van der Waals surface area contributed by atoms with Crippen LogP contribution in [-0.2, 0) is 15.9 Å². The molecule has 7 rings (SSSR count). The summed E-state index contributed by atoms with van der Waals surface area (Å²) in [6.45, 7) is 0. The third kappa shape index (κ3) is 1.48. The second-order valence-electron chi connectivity index (χ2n) is 9.22. The number of alkyl halides is 1. The number of benzene rings is 3. The summed E-state index contributed by atoms with van der Waals surface area (Å²) in [5, 5.41) is 0. The molecule has 0 aromatic heterocycles. The monoisotopic (exact) mass is 398 g/mol. The van der Waals surface area contributed by atoms with Crippen LogP contribution in [0.1, 0.15) is 47.9 Å². The summed E-state index contributed by atoms with van der Waals surface area (Å²) in [4.78, 5) is -0.387. The van der Waals surface area contributed by atoms with Crippen LogP contribution in [0.25, 0.3) is 0 Å². The minimum atomic E-state index is -0.586. The first-order valence-corrected chi connectivity index (χ1v) is 11.2. The highest BCUT2D eigenvalue weighted by atomic mass is 35.5. The quantitative estimate of drug-likeness (QED) is 0.455. The molecule has 1 nitrogen and oxygen atoms in total. The first-order chi connectivity index (χ1) is 14.2. The lowest BCUT2D eigenvalue weighted by Gasteiger charge is -2.40. The minimum absolute atomic E-state index is 0.0364. The Hall–Kier alpha value is -2.09. The van der Waals surface area contributed by atoms with Crippen molar-refractivity contribution in [1.82, 2.24) is 0 Å². The van der Waals surface area contributed by atoms with Crippen LogP contribution in [0.15, 0.2) is 84.9 Å². The van der Waals surface area contributed by atoms with E-state index in [1.807, 2.05) is 0 Å². The second-order valence-corrected chi connectivity index (χ2v) is 9.82. The molecule has 3 aromatic carbocycles. The zero-order valence-corrected chi connectivity index (χ0v) is 17.0. The summed E-state index contributed by atoms with van der Waals surface area (Å²) in [5.74, 6) is 0.479. The Morgan fingerprint density at radius 3 is 1.90 bits per heavy atom. The molecule has 0 unspecified atom stereocenters. The van der Waals surface area contributed by atoms with Crippen LogP contribution in [-0.4, -0.2) is 4.87 Å². The van der Waals surface area contributed by atoms with E-state index in [0.29, 0.717) is 5.92 Å². The molecule has 2 heterocycles. The van der Waals surface area contributed by atoms with Crippen LogP contribution in [0, 0.1) is 11.3 Å². The van der Waals surface area contributed by atoms with E-state index in [-0.39, 0.29) is 10.3 Å². The Bertz CT molecular complexity index is 1130. The maximum atomic E-state index is 7.83. The van der Waals surface area contributed by atoms with E-state index in [1.165, 1.54) is 41.5 Å². The molecule has 2 bridgehead atoms. The van der Waals surface area contributed by atoms with Crippen molar-refractivity contribution in [3.8, 4) is 0 Å². The maximum absolute atomic E-state index is 7.83. The third-order valence-corrected chi connectivity index (χ3v) is 9.31. The molecule has 3 fully saturated rings. The zero-order chi connectivity index (χ0) is 19.3. The molecule has 5 atom stereocenters. The van der Waals surface area contributed by atoms with Gasteiger partial charge in [0.1, 0.15) is 11.2 Å². The summed E-state index contributed by atoms with van der Waals surface area (Å²) < 4.78 is 7.38. The summed E-state index contributed by atoms with van der Waals surface area (Å²) in [7, 11) is 0. The van der Waals surface area contributed by atoms with Gasteiger partial charge in [0, 0.05) is 5.41 Å². The molecule has 2 aliphatic heterocycles. The lowest BCUT2D eigenvalue weighted by molar-refractivity contribution is -0.101. The van der Waals surface area contributed by atoms with E-state index in [2.05, 4.69) is 84.9 Å². The number of rotatable bonds is 2. The van der Waals surface area contributed by atoms with E-state index in [1.54, 1.807) is 0 Å². The Kier molecular flexibility index (Phi) is 2.96. The number of halogens is 1. The zero-order valence-electron chi connectivity index (χ0n) is 16.3. The highest BCUT2D eigenvalue weighted by Crippen LogP contribution is 2.93. The van der Waals surface area contributed by atoms with E-state index in [4.69, 9.17) is 16.3 Å². The fraction of sp³-hybridized carbons (Fsp3) is 0.333. The molecule has 2 saturated carbocycles. The van der Waals surface area contributed by atoms with Crippen LogP contribution >= 0.6 is 11.6 Å². The molecule has 0 amide bonds. The summed E-state index contributed by atoms with van der Waals surface area (Å²) >= 11 is 7.83. The normalized spacial score (nSPS) is 40.8. The summed E-state index contributed by atoms with van der Waals surface area (Å²) in [5.41, 5.74) is 3.97. The maximum Gasteiger partial charge on any atom is 0.140 e. The molecular weight excluding hydrogens is 376 g/mol. The van der Waals surface area contributed by atoms with Crippen molar-refractivity contribution in [2.75, 3.05) is 0 Å². The average Bonchev–Trinajstić information content (AvgIpc) is 3.15. The average molecular weight is 399 g/mol. The summed E-state index contributed by atoms with van der Waals surface area (Å²) in [6.07, 6.45) is 4.84. The molecular formula is C27H23ClO. The van der Waals surface area contributed by atoms with E-state index in [9.17, 15) is 0 Å². The highest BCUT2D eigenvalue weighted by Gasteiger charge is 2.98. The first-order valence-electron chi connectivity index (χ1n) is 10.8. The molecule has 0 N–H and O–H groups in total. The van der Waals surface area contributed by atoms with Crippen LogP contribution in [0.3, 0.4) is 0 Å². The highest BCUT2D eigenvalue weighted by molar-refractivity contribution is 6.29. The van der Waals surface area contributed by atoms with Crippen LogP contribution in [0.4, 0.5) is 0 Å². The Balaban J connectivity index is 1.64. The largest absolute Gasteiger partial charge is 0.347 e. The van der Waals surface area contributed by atoms with Gasteiger partial charge >= 0.3 is 0 Å². The molecule has 1 saturated heterocycles. The van der Waals surface area contributed by atoms with Crippen molar-refractivity contribution in [1.29, 1.82) is 0 Å². The molecule has 1 spiro atoms. The second kappa shape index (κ2) is 5.14. The van der Waals surface area contributed by atoms with E-state index < -0.39 is 11.2 Å². The van der Waals surface area contributed by atoms with Gasteiger partial charge in [0.25, 0.3) is 0 Å². The molecule has 2 aliphatic carbocycles. The Labute approximate surface area is 176 Å². The van der Waals surface area contributed by atoms with Crippen molar-refractivity contribution in [3.63, 3.8) is 0 Å². The topological polar surface area (TPSA) is 9.23 Å². The third-order valence-electron chi connectivity index (χ3n) is 8.45. The van der Waals surface area contributed by atoms with Crippen LogP contribution < -0.4 is 0 Å². The molecule has 2 heteroatoms. The number of ether oxygens (including phenoxy) is 1. The van der Waals surface area contributed by atoms with Crippen molar-refractivity contribution in [2.45, 2.75) is 41.8 Å². The first kappa shape index (κ1) is 16.7. The summed E-state index contributed by atoms with van der Waals surface area (Å²) in [6, 6.07) is 30.5. The van der Waals surface area contributed by atoms with Crippen molar-refractivity contribution in [3.05, 3.63) is 107 Å². The van der Waals surface area contributed by atoms with Gasteiger partial charge in [0.2, 0.25) is 0 Å². The lowest BCUT2D eigenvalue weighted by atomic mass is 9.63. The van der Waals surface area contributed by atoms with Gasteiger partial charge in [-0.05, 0) is 41.0 Å². The fourth-order valence-electron chi connectivity index (χ4n) is 7.65. The predicted octanol–water partition coefficient (Wildman–Crippen LogP) is 6.39. The molecule has 4 aliphatic rings. The lowest BCUT2D eigenvalue weighted by Crippen LogP contribution is -2.41. The van der Waals surface area contributed by atoms with Crippen molar-refractivity contribution in [2.24, 2.45) is 11.3 Å².